The van der Waals surface area contributed by atoms with E-state index in [0.717, 1.165) is 4.90 Å². The van der Waals surface area contributed by atoms with Crippen molar-refractivity contribution in [2.24, 2.45) is 0 Å². The number of hydrogen-bond acceptors (Lipinski definition) is 7. The lowest BCUT2D eigenvalue weighted by Crippen LogP contribution is -2.51. The molecule has 1 aliphatic carbocycles. The summed E-state index contributed by atoms with van der Waals surface area (Å²) in [5, 5.41) is 12.4. The quantitative estimate of drug-likeness (QED) is 0.673. The van der Waals surface area contributed by atoms with Crippen molar-refractivity contribution in [3.05, 3.63) is 35.0 Å². The minimum absolute atomic E-state index is 0.0380. The van der Waals surface area contributed by atoms with Crippen LogP contribution in [0, 0.1) is 0 Å². The molecular formula is C22H21F2N5O4. The summed E-state index contributed by atoms with van der Waals surface area (Å²) in [6.07, 6.45) is -0.728. The third-order valence-electron chi connectivity index (χ3n) is 6.83. The molecule has 11 heteroatoms. The number of benzene rings is 1. The number of nitrogens with zero attached hydrogens (tertiary/aromatic N) is 4. The Hall–Kier alpha value is -3.34. The maximum atomic E-state index is 14.6. The van der Waals surface area contributed by atoms with Gasteiger partial charge in [-0.05, 0) is 19.4 Å². The van der Waals surface area contributed by atoms with Crippen molar-refractivity contribution in [3.8, 4) is 17.0 Å². The Labute approximate surface area is 187 Å². The molecular weight excluding hydrogens is 436 g/mol. The molecule has 33 heavy (non-hydrogen) atoms. The minimum Gasteiger partial charge on any atom is -0.490 e. The standard InChI is InChI=1S/C22H21F2N5O4/c1-2-29-18(31)21(27-20(29)32)10-33-15-7-11(3-4-14(15)21)16-13-5-6-22(23,24)17(13)26-19(25-16)28-8-12(30)9-28/h3-4,7,12,30H,2,5-6,8-10H2,1H3,(H,27,32). The molecule has 0 radical (unpaired) electrons. The SMILES string of the molecule is CCN1C(=O)NC2(COc3cc(-c4nc(N5CC(O)C5)nc5c4CCC5(F)F)ccc32)C1=O. The number of hydrogen-bond donors (Lipinski definition) is 2. The molecule has 9 nitrogen and oxygen atoms in total. The number of imide groups is 1. The van der Waals surface area contributed by atoms with Crippen LogP contribution in [0.1, 0.15) is 30.2 Å². The lowest BCUT2D eigenvalue weighted by atomic mass is 9.90. The average molecular weight is 457 g/mol. The summed E-state index contributed by atoms with van der Waals surface area (Å²) in [5.74, 6) is -2.86. The van der Waals surface area contributed by atoms with Gasteiger partial charge in [0.15, 0.2) is 5.54 Å². The summed E-state index contributed by atoms with van der Waals surface area (Å²) in [5.41, 5.74) is 0.313. The Bertz CT molecular complexity index is 1220. The van der Waals surface area contributed by atoms with Crippen molar-refractivity contribution < 1.29 is 28.2 Å². The number of anilines is 1. The highest BCUT2D eigenvalue weighted by atomic mass is 19.3. The van der Waals surface area contributed by atoms with Crippen LogP contribution >= 0.6 is 0 Å². The summed E-state index contributed by atoms with van der Waals surface area (Å²) < 4.78 is 35.0. The van der Waals surface area contributed by atoms with Gasteiger partial charge in [-0.2, -0.15) is 8.78 Å². The Morgan fingerprint density at radius 1 is 1.27 bits per heavy atom. The molecule has 1 spiro atoms. The molecule has 1 unspecified atom stereocenters. The number of carbonyl (C=O) groups excluding carboxylic acids is 2. The number of alkyl halides is 2. The van der Waals surface area contributed by atoms with Gasteiger partial charge < -0.3 is 20.1 Å². The number of nitrogens with one attached hydrogen (secondary N) is 1. The molecule has 0 bridgehead atoms. The van der Waals surface area contributed by atoms with Crippen LogP contribution in [0.4, 0.5) is 19.5 Å². The van der Waals surface area contributed by atoms with Crippen LogP contribution in [-0.2, 0) is 22.7 Å². The zero-order chi connectivity index (χ0) is 23.1. The summed E-state index contributed by atoms with van der Waals surface area (Å²) >= 11 is 0. The fraction of sp³-hybridized carbons (Fsp3) is 0.455. The van der Waals surface area contributed by atoms with E-state index >= 15 is 0 Å². The second kappa shape index (κ2) is 6.60. The number of aromatic nitrogens is 2. The van der Waals surface area contributed by atoms with Crippen molar-refractivity contribution in [2.45, 2.75) is 37.3 Å². The number of halogens is 2. The first-order chi connectivity index (χ1) is 15.7. The molecule has 2 aromatic rings. The minimum atomic E-state index is -3.05. The molecule has 6 rings (SSSR count). The molecule has 2 fully saturated rings. The molecule has 172 valence electrons. The highest BCUT2D eigenvalue weighted by Gasteiger charge is 2.57. The Morgan fingerprint density at radius 2 is 2.06 bits per heavy atom. The molecule has 0 saturated carbocycles. The van der Waals surface area contributed by atoms with Gasteiger partial charge in [0.25, 0.3) is 11.8 Å². The summed E-state index contributed by atoms with van der Waals surface area (Å²) in [7, 11) is 0. The Morgan fingerprint density at radius 3 is 2.76 bits per heavy atom. The highest BCUT2D eigenvalue weighted by molar-refractivity contribution is 6.08. The topological polar surface area (TPSA) is 108 Å². The van der Waals surface area contributed by atoms with Crippen molar-refractivity contribution in [3.63, 3.8) is 0 Å². The number of β-amino-alcohol motifs (C(OH)–C–C–N with tert-alkyl or cyclic N) is 1. The van der Waals surface area contributed by atoms with Gasteiger partial charge in [0.2, 0.25) is 5.95 Å². The number of urea groups is 1. The van der Waals surface area contributed by atoms with Crippen LogP contribution in [0.25, 0.3) is 11.3 Å². The molecule has 3 aliphatic heterocycles. The molecule has 2 saturated heterocycles. The van der Waals surface area contributed by atoms with E-state index in [1.807, 2.05) is 0 Å². The lowest BCUT2D eigenvalue weighted by molar-refractivity contribution is -0.131. The van der Waals surface area contributed by atoms with Gasteiger partial charge in [-0.15, -0.1) is 0 Å². The molecule has 4 aliphatic rings. The number of fused-ring (bicyclic) bond motifs is 3. The Kier molecular flexibility index (Phi) is 4.05. The van der Waals surface area contributed by atoms with E-state index in [0.29, 0.717) is 28.1 Å². The number of aliphatic hydroxyl groups is 1. The largest absolute Gasteiger partial charge is 0.490 e. The molecule has 3 amide bonds. The monoisotopic (exact) mass is 457 g/mol. The van der Waals surface area contributed by atoms with Gasteiger partial charge in [0.05, 0.1) is 11.8 Å². The number of rotatable bonds is 3. The highest BCUT2D eigenvalue weighted by Crippen LogP contribution is 2.47. The first-order valence-corrected chi connectivity index (χ1v) is 10.9. The van der Waals surface area contributed by atoms with Gasteiger partial charge in [0.1, 0.15) is 18.1 Å². The normalized spacial score (nSPS) is 25.2. The fourth-order valence-corrected chi connectivity index (χ4v) is 5.01. The van der Waals surface area contributed by atoms with E-state index in [4.69, 9.17) is 4.74 Å². The van der Waals surface area contributed by atoms with Crippen LogP contribution in [-0.4, -0.2) is 64.3 Å². The van der Waals surface area contributed by atoms with Crippen molar-refractivity contribution in [2.75, 3.05) is 31.1 Å². The van der Waals surface area contributed by atoms with Crippen LogP contribution in [0.2, 0.25) is 0 Å². The van der Waals surface area contributed by atoms with Gasteiger partial charge in [0, 0.05) is 42.7 Å². The van der Waals surface area contributed by atoms with Crippen LogP contribution in [0.5, 0.6) is 5.75 Å². The number of amides is 3. The molecule has 1 aromatic carbocycles. The maximum Gasteiger partial charge on any atom is 0.325 e. The van der Waals surface area contributed by atoms with Gasteiger partial charge in [-0.3, -0.25) is 9.69 Å². The molecule has 1 atom stereocenters. The predicted molar refractivity (Wildman–Crippen MR) is 111 cm³/mol. The number of aliphatic hydroxyl groups excluding tert-OH is 1. The van der Waals surface area contributed by atoms with E-state index in [-0.39, 0.29) is 56.6 Å². The van der Waals surface area contributed by atoms with E-state index in [2.05, 4.69) is 15.3 Å². The van der Waals surface area contributed by atoms with Crippen LogP contribution in [0.15, 0.2) is 18.2 Å². The Balaban J connectivity index is 1.44. The van der Waals surface area contributed by atoms with Crippen LogP contribution < -0.4 is 15.0 Å². The predicted octanol–water partition coefficient (Wildman–Crippen LogP) is 1.52. The van der Waals surface area contributed by atoms with Gasteiger partial charge in [-0.25, -0.2) is 14.8 Å². The summed E-state index contributed by atoms with van der Waals surface area (Å²) in [6.45, 7) is 2.50. The average Bonchev–Trinajstić information content (AvgIpc) is 3.37. The van der Waals surface area contributed by atoms with Crippen molar-refractivity contribution in [1.82, 2.24) is 20.2 Å². The van der Waals surface area contributed by atoms with Crippen molar-refractivity contribution in [1.29, 1.82) is 0 Å². The van der Waals surface area contributed by atoms with E-state index in [1.165, 1.54) is 0 Å². The van der Waals surface area contributed by atoms with Crippen molar-refractivity contribution >= 4 is 17.9 Å². The van der Waals surface area contributed by atoms with E-state index in [9.17, 15) is 23.5 Å². The number of carbonyl (C=O) groups is 2. The summed E-state index contributed by atoms with van der Waals surface area (Å²) in [4.78, 5) is 36.7. The maximum absolute atomic E-state index is 14.6. The van der Waals surface area contributed by atoms with Gasteiger partial charge >= 0.3 is 6.03 Å². The number of likely N-dealkylation sites (N-methyl/N-ethyl adjacent to an activating group) is 1. The molecule has 2 N–H and O–H groups in total. The third kappa shape index (κ3) is 2.71. The van der Waals surface area contributed by atoms with Gasteiger partial charge in [-0.1, -0.05) is 12.1 Å². The summed E-state index contributed by atoms with van der Waals surface area (Å²) in [6, 6.07) is 4.59. The fourth-order valence-electron chi connectivity index (χ4n) is 5.01. The zero-order valence-electron chi connectivity index (χ0n) is 17.8. The zero-order valence-corrected chi connectivity index (χ0v) is 17.8. The first kappa shape index (κ1) is 20.3. The molecule has 1 aromatic heterocycles. The molecule has 4 heterocycles. The van der Waals surface area contributed by atoms with Crippen LogP contribution in [0.3, 0.4) is 0 Å². The lowest BCUT2D eigenvalue weighted by Gasteiger charge is -2.36. The number of ether oxygens (including phenoxy) is 1. The first-order valence-electron chi connectivity index (χ1n) is 10.9. The van der Waals surface area contributed by atoms with E-state index < -0.39 is 23.6 Å². The smallest absolute Gasteiger partial charge is 0.325 e. The van der Waals surface area contributed by atoms with E-state index in [1.54, 1.807) is 30.0 Å². The third-order valence-corrected chi connectivity index (χ3v) is 6.83. The second-order valence-corrected chi connectivity index (χ2v) is 8.85. The second-order valence-electron chi connectivity index (χ2n) is 8.85.